The molecule has 3 unspecified atom stereocenters. The molecule has 2 aromatic carbocycles. The maximum atomic E-state index is 13.6. The molecule has 1 aliphatic heterocycles. The van der Waals surface area contributed by atoms with Gasteiger partial charge in [-0.2, -0.15) is 0 Å². The monoisotopic (exact) mass is 382 g/mol. The van der Waals surface area contributed by atoms with Crippen molar-refractivity contribution < 1.29 is 9.53 Å². The fourth-order valence-corrected chi connectivity index (χ4v) is 4.38. The van der Waals surface area contributed by atoms with Gasteiger partial charge in [-0.25, -0.2) is 0 Å². The molecule has 2 N–H and O–H groups in total. The summed E-state index contributed by atoms with van der Waals surface area (Å²) in [7, 11) is 5.87. The highest BCUT2D eigenvalue weighted by atomic mass is 16.5. The number of ketones is 1. The summed E-state index contributed by atoms with van der Waals surface area (Å²) in [4.78, 5) is 15.8. The van der Waals surface area contributed by atoms with Crippen LogP contribution in [-0.4, -0.2) is 57.1 Å². The van der Waals surface area contributed by atoms with E-state index in [0.717, 1.165) is 37.4 Å². The summed E-state index contributed by atoms with van der Waals surface area (Å²) in [6.45, 7) is 4.02. The predicted molar refractivity (Wildman–Crippen MR) is 116 cm³/mol. The van der Waals surface area contributed by atoms with Crippen LogP contribution < -0.4 is 15.0 Å². The largest absolute Gasteiger partial charge is 0.497 e. The molecule has 5 heteroatoms. The third-order valence-electron chi connectivity index (χ3n) is 6.20. The number of nitrogen functional groups attached to an aromatic ring is 1. The fraction of sp³-hybridized carbons (Fsp3) is 0.435. The Morgan fingerprint density at radius 2 is 2.00 bits per heavy atom. The van der Waals surface area contributed by atoms with E-state index in [2.05, 4.69) is 38.1 Å². The molecule has 0 aromatic heterocycles. The molecule has 28 heavy (non-hydrogen) atoms. The number of anilines is 1. The summed E-state index contributed by atoms with van der Waals surface area (Å²) in [6, 6.07) is 15.8. The lowest BCUT2D eigenvalue weighted by Gasteiger charge is -2.42. The van der Waals surface area contributed by atoms with Crippen LogP contribution in [-0.2, 0) is 0 Å². The lowest BCUT2D eigenvalue weighted by Crippen LogP contribution is -2.60. The van der Waals surface area contributed by atoms with E-state index in [1.807, 2.05) is 36.4 Å². The van der Waals surface area contributed by atoms with Crippen molar-refractivity contribution in [3.63, 3.8) is 0 Å². The Labute approximate surface area is 168 Å². The van der Waals surface area contributed by atoms with Crippen molar-refractivity contribution in [2.24, 2.45) is 0 Å². The predicted octanol–water partition coefficient (Wildman–Crippen LogP) is 3.58. The van der Waals surface area contributed by atoms with Crippen LogP contribution in [0.5, 0.6) is 5.75 Å². The summed E-state index contributed by atoms with van der Waals surface area (Å²) in [5.74, 6) is 0.967. The van der Waals surface area contributed by atoms with Gasteiger partial charge in [0.05, 0.1) is 26.2 Å². The second-order valence-electron chi connectivity index (χ2n) is 8.06. The number of nitrogens with two attached hydrogens (primary N) is 1. The molecule has 0 radical (unpaired) electrons. The number of hydrogen-bond acceptors (Lipinski definition) is 4. The summed E-state index contributed by atoms with van der Waals surface area (Å²) < 4.78 is 6.13. The first-order valence-corrected chi connectivity index (χ1v) is 9.95. The number of nitrogens with zero attached hydrogens (tertiary/aromatic N) is 2. The number of likely N-dealkylation sites (tertiary alicyclic amines) is 1. The Morgan fingerprint density at radius 1 is 1.25 bits per heavy atom. The van der Waals surface area contributed by atoms with Gasteiger partial charge < -0.3 is 15.4 Å². The Morgan fingerprint density at radius 3 is 2.68 bits per heavy atom. The number of quaternary nitrogens is 1. The van der Waals surface area contributed by atoms with Crippen LogP contribution in [0.25, 0.3) is 0 Å². The lowest BCUT2D eigenvalue weighted by atomic mass is 9.97. The number of rotatable bonds is 7. The van der Waals surface area contributed by atoms with Crippen molar-refractivity contribution in [1.29, 1.82) is 0 Å². The highest BCUT2D eigenvalue weighted by molar-refractivity contribution is 6.05. The molecule has 0 saturated carbocycles. The van der Waals surface area contributed by atoms with Crippen molar-refractivity contribution >= 4 is 17.2 Å². The second kappa shape index (κ2) is 8.33. The Hall–Kier alpha value is -2.37. The maximum absolute atomic E-state index is 13.6. The summed E-state index contributed by atoms with van der Waals surface area (Å²) >= 11 is 0. The molecule has 3 atom stereocenters. The smallest absolute Gasteiger partial charge is 0.222 e. The van der Waals surface area contributed by atoms with Crippen LogP contribution >= 0.6 is 0 Å². The minimum atomic E-state index is -0.140. The summed E-state index contributed by atoms with van der Waals surface area (Å²) in [6.07, 6.45) is 1.88. The first-order chi connectivity index (χ1) is 13.4. The molecule has 3 rings (SSSR count). The van der Waals surface area contributed by atoms with Crippen LogP contribution in [0.4, 0.5) is 11.4 Å². The maximum Gasteiger partial charge on any atom is 0.222 e. The fourth-order valence-electron chi connectivity index (χ4n) is 4.38. The van der Waals surface area contributed by atoms with E-state index in [1.54, 1.807) is 7.11 Å². The zero-order chi connectivity index (χ0) is 20.3. The van der Waals surface area contributed by atoms with Crippen LogP contribution in [0.15, 0.2) is 48.5 Å². The quantitative estimate of drug-likeness (QED) is 0.452. The number of hydrogen-bond donors (Lipinski definition) is 1. The third-order valence-corrected chi connectivity index (χ3v) is 6.20. The Bertz CT molecular complexity index is 836. The lowest BCUT2D eigenvalue weighted by molar-refractivity contribution is 0.0849. The number of benzene rings is 2. The molecule has 0 bridgehead atoms. The van der Waals surface area contributed by atoms with Gasteiger partial charge in [-0.05, 0) is 45.3 Å². The van der Waals surface area contributed by atoms with E-state index in [-0.39, 0.29) is 11.8 Å². The first-order valence-electron chi connectivity index (χ1n) is 9.95. The Kier molecular flexibility index (Phi) is 6.06. The molecule has 0 aliphatic carbocycles. The zero-order valence-electron chi connectivity index (χ0n) is 17.4. The van der Waals surface area contributed by atoms with Gasteiger partial charge in [0, 0.05) is 30.2 Å². The van der Waals surface area contributed by atoms with E-state index in [0.29, 0.717) is 21.8 Å². The molecule has 150 valence electrons. The topological polar surface area (TPSA) is 55.6 Å². The van der Waals surface area contributed by atoms with E-state index >= 15 is 0 Å². The molecule has 1 saturated heterocycles. The molecule has 5 nitrogen and oxygen atoms in total. The molecule has 1 heterocycles. The number of para-hydroxylation sites is 1. The molecule has 1 fully saturated rings. The third kappa shape index (κ3) is 3.77. The molecular formula is C23H32N3O2+. The van der Waals surface area contributed by atoms with Crippen molar-refractivity contribution in [2.75, 3.05) is 40.0 Å². The van der Waals surface area contributed by atoms with Crippen molar-refractivity contribution in [3.8, 4) is 5.75 Å². The van der Waals surface area contributed by atoms with Crippen molar-refractivity contribution in [3.05, 3.63) is 54.1 Å². The molecule has 0 spiro atoms. The first kappa shape index (κ1) is 20.4. The van der Waals surface area contributed by atoms with E-state index in [4.69, 9.17) is 10.5 Å². The van der Waals surface area contributed by atoms with Crippen LogP contribution in [0, 0.1) is 0 Å². The number of ether oxygens (including phenoxy) is 1. The summed E-state index contributed by atoms with van der Waals surface area (Å²) in [5, 5.41) is 0. The average molecular weight is 383 g/mol. The van der Waals surface area contributed by atoms with Gasteiger partial charge in [0.15, 0.2) is 6.04 Å². The molecule has 2 aromatic rings. The van der Waals surface area contributed by atoms with Crippen LogP contribution in [0.2, 0.25) is 0 Å². The normalized spacial score (nSPS) is 23.0. The van der Waals surface area contributed by atoms with Gasteiger partial charge in [-0.3, -0.25) is 9.28 Å². The number of carbonyl (C=O) groups is 1. The Balaban J connectivity index is 2.08. The van der Waals surface area contributed by atoms with Crippen molar-refractivity contribution in [1.82, 2.24) is 9.38 Å². The zero-order valence-corrected chi connectivity index (χ0v) is 17.4. The van der Waals surface area contributed by atoms with Gasteiger partial charge >= 0.3 is 0 Å². The highest BCUT2D eigenvalue weighted by Crippen LogP contribution is 2.39. The summed E-state index contributed by atoms with van der Waals surface area (Å²) in [5.41, 5.74) is 8.49. The second-order valence-corrected chi connectivity index (χ2v) is 8.06. The number of likely N-dealkylation sites (N-methyl/N-ethyl adjacent to an activating group) is 1. The van der Waals surface area contributed by atoms with E-state index in [9.17, 15) is 4.79 Å². The average Bonchev–Trinajstić information content (AvgIpc) is 3.12. The van der Waals surface area contributed by atoms with Gasteiger partial charge in [-0.15, -0.1) is 0 Å². The standard InChI is InChI=1S/C23H31N3O2/c1-17(25(2)3)16-26(18-9-7-10-19(15-18)28-4)14-8-13-22(26)23(27)20-11-5-6-12-21(20)24/h5-7,9-12,15,17,22H,8,13-14,16H2,1-4H3,(H-,24,27)/p+1. The molecular weight excluding hydrogens is 350 g/mol. The number of carbonyl (C=O) groups excluding carboxylic acids is 1. The molecule has 0 amide bonds. The van der Waals surface area contributed by atoms with Crippen LogP contribution in [0.3, 0.4) is 0 Å². The number of Topliss-reactive ketones (excluding diaryl/α,β-unsaturated/α-hetero) is 1. The molecule has 1 aliphatic rings. The van der Waals surface area contributed by atoms with Crippen molar-refractivity contribution in [2.45, 2.75) is 31.8 Å². The highest BCUT2D eigenvalue weighted by Gasteiger charge is 2.49. The van der Waals surface area contributed by atoms with Gasteiger partial charge in [0.1, 0.15) is 11.4 Å². The number of methoxy groups -OCH3 is 1. The van der Waals surface area contributed by atoms with Gasteiger partial charge in [0.2, 0.25) is 5.78 Å². The van der Waals surface area contributed by atoms with Gasteiger partial charge in [-0.1, -0.05) is 18.2 Å². The van der Waals surface area contributed by atoms with Gasteiger partial charge in [0.25, 0.3) is 0 Å². The minimum absolute atomic E-state index is 0.140. The van der Waals surface area contributed by atoms with E-state index in [1.165, 1.54) is 0 Å². The minimum Gasteiger partial charge on any atom is -0.497 e. The van der Waals surface area contributed by atoms with E-state index < -0.39 is 0 Å². The SMILES string of the molecule is COc1cccc([N+]2(CC(C)N(C)C)CCCC2C(=O)c2ccccc2N)c1. The van der Waals surface area contributed by atoms with Crippen LogP contribution in [0.1, 0.15) is 30.1 Å².